The van der Waals surface area contributed by atoms with E-state index in [0.717, 1.165) is 57.7 Å². The number of carbonyl (C=O) groups excluding carboxylic acids is 1. The van der Waals surface area contributed by atoms with E-state index in [4.69, 9.17) is 14.2 Å². The lowest BCUT2D eigenvalue weighted by molar-refractivity contribution is 0.0936. The summed E-state index contributed by atoms with van der Waals surface area (Å²) in [7, 11) is 0. The molecule has 0 saturated carbocycles. The first-order valence-corrected chi connectivity index (χ1v) is 12.6. The Hall–Kier alpha value is -4.39. The Morgan fingerprint density at radius 3 is 2.68 bits per heavy atom. The Balaban J connectivity index is 1.25. The van der Waals surface area contributed by atoms with Gasteiger partial charge in [0.25, 0.3) is 11.8 Å². The zero-order valence-corrected chi connectivity index (χ0v) is 21.0. The van der Waals surface area contributed by atoms with Crippen LogP contribution in [0.5, 0.6) is 5.75 Å². The van der Waals surface area contributed by atoms with Crippen LogP contribution in [0.4, 0.5) is 0 Å². The van der Waals surface area contributed by atoms with Gasteiger partial charge < -0.3 is 19.9 Å². The summed E-state index contributed by atoms with van der Waals surface area (Å²) in [6, 6.07) is 19.5. The molecular weight excluding hydrogens is 464 g/mol. The zero-order chi connectivity index (χ0) is 25.5. The first kappa shape index (κ1) is 23.0. The first-order valence-electron chi connectivity index (χ1n) is 12.6. The van der Waals surface area contributed by atoms with E-state index in [0.29, 0.717) is 17.3 Å². The van der Waals surface area contributed by atoms with Crippen LogP contribution in [0.25, 0.3) is 28.5 Å². The predicted molar refractivity (Wildman–Crippen MR) is 142 cm³/mol. The Morgan fingerprint density at radius 2 is 1.92 bits per heavy atom. The SMILES string of the molecule is Cc1ccc(C(=O)N[C@@H]2CCc3c(-c4noc(-c5ccc(OC(C)C)c(C6=CN6)c5)n4)cccc32)cc1. The maximum Gasteiger partial charge on any atom is 0.258 e. The van der Waals surface area contributed by atoms with Crippen molar-refractivity contribution in [1.82, 2.24) is 20.8 Å². The standard InChI is InChI=1S/C30H28N4O3/c1-17(2)36-27-14-11-20(15-24(27)26-16-31-26)30-33-28(34-37-30)23-6-4-5-22-21(23)12-13-25(22)32-29(35)19-9-7-18(3)8-10-19/h4-11,14-17,25,31H,12-13H2,1-3H3,(H,32,35)/t25-/m1/s1. The monoisotopic (exact) mass is 492 g/mol. The van der Waals surface area contributed by atoms with E-state index in [9.17, 15) is 4.79 Å². The van der Waals surface area contributed by atoms with Gasteiger partial charge in [0.15, 0.2) is 0 Å². The minimum absolute atomic E-state index is 0.0505. The van der Waals surface area contributed by atoms with Crippen molar-refractivity contribution in [3.05, 3.63) is 94.7 Å². The largest absolute Gasteiger partial charge is 0.490 e. The third-order valence-corrected chi connectivity index (χ3v) is 6.72. The van der Waals surface area contributed by atoms with E-state index in [-0.39, 0.29) is 18.1 Å². The average Bonchev–Trinajstić information content (AvgIpc) is 3.47. The van der Waals surface area contributed by atoms with Crippen molar-refractivity contribution in [3.8, 4) is 28.6 Å². The van der Waals surface area contributed by atoms with Gasteiger partial charge in [-0.15, -0.1) is 0 Å². The minimum Gasteiger partial charge on any atom is -0.490 e. The van der Waals surface area contributed by atoms with Gasteiger partial charge in [-0.05, 0) is 75.1 Å². The number of ether oxygens (including phenoxy) is 1. The fraction of sp³-hybridized carbons (Fsp3) is 0.233. The molecule has 0 saturated heterocycles. The number of hydrogen-bond donors (Lipinski definition) is 2. The molecule has 3 aromatic carbocycles. The smallest absolute Gasteiger partial charge is 0.258 e. The molecule has 0 fully saturated rings. The molecule has 1 aliphatic carbocycles. The van der Waals surface area contributed by atoms with E-state index in [1.165, 1.54) is 0 Å². The van der Waals surface area contributed by atoms with E-state index in [2.05, 4.69) is 21.9 Å². The van der Waals surface area contributed by atoms with Gasteiger partial charge in [0, 0.05) is 28.5 Å². The van der Waals surface area contributed by atoms with Crippen molar-refractivity contribution in [3.63, 3.8) is 0 Å². The molecule has 37 heavy (non-hydrogen) atoms. The molecule has 1 aromatic heterocycles. The summed E-state index contributed by atoms with van der Waals surface area (Å²) < 4.78 is 11.6. The van der Waals surface area contributed by atoms with Gasteiger partial charge in [0.05, 0.1) is 17.8 Å². The number of nitrogens with zero attached hydrogens (tertiary/aromatic N) is 2. The van der Waals surface area contributed by atoms with Crippen LogP contribution in [-0.2, 0) is 6.42 Å². The highest BCUT2D eigenvalue weighted by Gasteiger charge is 2.28. The Bertz CT molecular complexity index is 1520. The van der Waals surface area contributed by atoms with Crippen LogP contribution < -0.4 is 15.4 Å². The van der Waals surface area contributed by atoms with E-state index >= 15 is 0 Å². The molecule has 4 aromatic rings. The topological polar surface area (TPSA) is 99.2 Å². The van der Waals surface area contributed by atoms with Crippen LogP contribution in [0.1, 0.15) is 58.9 Å². The number of rotatable bonds is 7. The van der Waals surface area contributed by atoms with Crippen LogP contribution in [0.3, 0.4) is 0 Å². The van der Waals surface area contributed by atoms with Crippen LogP contribution in [-0.4, -0.2) is 22.2 Å². The molecule has 1 atom stereocenters. The third-order valence-electron chi connectivity index (χ3n) is 6.72. The lowest BCUT2D eigenvalue weighted by Gasteiger charge is -2.15. The number of fused-ring (bicyclic) bond motifs is 1. The van der Waals surface area contributed by atoms with Gasteiger partial charge >= 0.3 is 0 Å². The molecule has 2 aliphatic rings. The maximum absolute atomic E-state index is 12.8. The molecular formula is C30H28N4O3. The van der Waals surface area contributed by atoms with Gasteiger partial charge in [0.2, 0.25) is 5.82 Å². The molecule has 1 amide bonds. The fourth-order valence-electron chi connectivity index (χ4n) is 4.83. The molecule has 2 heterocycles. The Morgan fingerprint density at radius 1 is 1.11 bits per heavy atom. The Labute approximate surface area is 215 Å². The second-order valence-electron chi connectivity index (χ2n) is 9.81. The normalized spacial score (nSPS) is 15.7. The number of nitrogens with one attached hydrogen (secondary N) is 2. The highest BCUT2D eigenvalue weighted by molar-refractivity contribution is 5.94. The molecule has 186 valence electrons. The van der Waals surface area contributed by atoms with Crippen molar-refractivity contribution in [2.75, 3.05) is 0 Å². The van der Waals surface area contributed by atoms with Gasteiger partial charge in [0.1, 0.15) is 5.75 Å². The highest BCUT2D eigenvalue weighted by atomic mass is 16.5. The number of carbonyl (C=O) groups is 1. The summed E-state index contributed by atoms with van der Waals surface area (Å²) in [6.45, 7) is 6.03. The van der Waals surface area contributed by atoms with Gasteiger partial charge in [-0.2, -0.15) is 4.98 Å². The van der Waals surface area contributed by atoms with Crippen LogP contribution in [0.2, 0.25) is 0 Å². The van der Waals surface area contributed by atoms with Gasteiger partial charge in [-0.3, -0.25) is 4.79 Å². The molecule has 1 aliphatic heterocycles. The lowest BCUT2D eigenvalue weighted by atomic mass is 10.0. The Kier molecular flexibility index (Phi) is 5.75. The minimum atomic E-state index is -0.0638. The first-order chi connectivity index (χ1) is 18.0. The second kappa shape index (κ2) is 9.24. The molecule has 0 bridgehead atoms. The molecule has 7 heteroatoms. The van der Waals surface area contributed by atoms with Gasteiger partial charge in [-0.25, -0.2) is 0 Å². The number of amides is 1. The fourth-order valence-corrected chi connectivity index (χ4v) is 4.83. The number of benzene rings is 3. The number of aryl methyl sites for hydroxylation is 1. The molecule has 6 rings (SSSR count). The van der Waals surface area contributed by atoms with E-state index in [1.54, 1.807) is 0 Å². The molecule has 0 unspecified atom stereocenters. The summed E-state index contributed by atoms with van der Waals surface area (Å²) in [5.74, 6) is 1.75. The van der Waals surface area contributed by atoms with E-state index < -0.39 is 0 Å². The summed E-state index contributed by atoms with van der Waals surface area (Å²) >= 11 is 0. The molecule has 7 nitrogen and oxygen atoms in total. The van der Waals surface area contributed by atoms with Crippen molar-refractivity contribution in [1.29, 1.82) is 0 Å². The molecule has 0 spiro atoms. The summed E-state index contributed by atoms with van der Waals surface area (Å²) in [4.78, 5) is 17.6. The summed E-state index contributed by atoms with van der Waals surface area (Å²) in [6.07, 6.45) is 3.67. The predicted octanol–water partition coefficient (Wildman–Crippen LogP) is 5.82. The third kappa shape index (κ3) is 4.60. The second-order valence-corrected chi connectivity index (χ2v) is 9.81. The average molecular weight is 493 g/mol. The highest BCUT2D eigenvalue weighted by Crippen LogP contribution is 2.38. The van der Waals surface area contributed by atoms with Crippen molar-refractivity contribution in [2.24, 2.45) is 0 Å². The van der Waals surface area contributed by atoms with Crippen LogP contribution >= 0.6 is 0 Å². The lowest BCUT2D eigenvalue weighted by Crippen LogP contribution is -2.27. The molecule has 0 radical (unpaired) electrons. The maximum atomic E-state index is 12.8. The van der Waals surface area contributed by atoms with Crippen molar-refractivity contribution < 1.29 is 14.1 Å². The zero-order valence-electron chi connectivity index (χ0n) is 21.0. The van der Waals surface area contributed by atoms with Crippen LogP contribution in [0.15, 0.2) is 71.4 Å². The van der Waals surface area contributed by atoms with Crippen LogP contribution in [0, 0.1) is 6.92 Å². The van der Waals surface area contributed by atoms with E-state index in [1.807, 2.05) is 81.6 Å². The quantitative estimate of drug-likeness (QED) is 0.337. The summed E-state index contributed by atoms with van der Waals surface area (Å²) in [5.41, 5.74) is 7.81. The van der Waals surface area contributed by atoms with Gasteiger partial charge in [-0.1, -0.05) is 41.1 Å². The van der Waals surface area contributed by atoms with Crippen molar-refractivity contribution in [2.45, 2.75) is 45.8 Å². The number of hydrogen-bond acceptors (Lipinski definition) is 6. The molecule has 2 N–H and O–H groups in total. The number of aromatic nitrogens is 2. The van der Waals surface area contributed by atoms with Crippen molar-refractivity contribution >= 4 is 11.6 Å². The summed E-state index contributed by atoms with van der Waals surface area (Å²) in [5, 5.41) is 10.7.